The Morgan fingerprint density at radius 1 is 1.44 bits per heavy atom. The molecule has 0 aromatic heterocycles. The Bertz CT molecular complexity index is 478. The van der Waals surface area contributed by atoms with Crippen LogP contribution in [0.25, 0.3) is 0 Å². The van der Waals surface area contributed by atoms with Crippen molar-refractivity contribution in [2.24, 2.45) is 0 Å². The molecule has 142 valence electrons. The van der Waals surface area contributed by atoms with E-state index in [1.807, 2.05) is 11.8 Å². The van der Waals surface area contributed by atoms with Crippen LogP contribution in [0.2, 0.25) is 0 Å². The zero-order chi connectivity index (χ0) is 18.1. The molecule has 0 radical (unpaired) electrons. The van der Waals surface area contributed by atoms with Gasteiger partial charge >= 0.3 is 5.97 Å². The van der Waals surface area contributed by atoms with Gasteiger partial charge in [-0.15, -0.1) is 0 Å². The van der Waals surface area contributed by atoms with Crippen LogP contribution in [0, 0.1) is 0 Å². The molecule has 0 aromatic rings. The number of carbonyl (C=O) groups is 1. The summed E-state index contributed by atoms with van der Waals surface area (Å²) < 4.78 is 16.2. The highest BCUT2D eigenvalue weighted by atomic mass is 32.1. The van der Waals surface area contributed by atoms with Crippen molar-refractivity contribution in [3.63, 3.8) is 0 Å². The number of ether oxygens (including phenoxy) is 3. The first-order valence-corrected chi connectivity index (χ1v) is 9.59. The first kappa shape index (κ1) is 20.1. The molecule has 2 aliphatic rings. The van der Waals surface area contributed by atoms with Crippen molar-refractivity contribution in [3.05, 3.63) is 11.8 Å². The van der Waals surface area contributed by atoms with Crippen LogP contribution >= 0.6 is 12.2 Å². The van der Waals surface area contributed by atoms with Crippen LogP contribution in [-0.2, 0) is 19.0 Å². The van der Waals surface area contributed by atoms with Crippen molar-refractivity contribution in [2.45, 2.75) is 57.7 Å². The Kier molecular flexibility index (Phi) is 8.64. The second-order valence-electron chi connectivity index (χ2n) is 6.42. The molecule has 2 atom stereocenters. The Balaban J connectivity index is 1.93. The summed E-state index contributed by atoms with van der Waals surface area (Å²) in [6.45, 7) is 4.25. The van der Waals surface area contributed by atoms with Gasteiger partial charge in [0.2, 0.25) is 0 Å². The fraction of sp³-hybridized carbons (Fsp3) is 0.778. The number of rotatable bonds is 8. The van der Waals surface area contributed by atoms with Crippen LogP contribution in [0.15, 0.2) is 11.8 Å². The first-order valence-electron chi connectivity index (χ1n) is 9.19. The van der Waals surface area contributed by atoms with Gasteiger partial charge in [0.15, 0.2) is 5.11 Å². The largest absolute Gasteiger partial charge is 0.466 e. The summed E-state index contributed by atoms with van der Waals surface area (Å²) >= 11 is 5.61. The predicted octanol–water partition coefficient (Wildman–Crippen LogP) is 2.38. The van der Waals surface area contributed by atoms with E-state index in [0.717, 1.165) is 44.4 Å². The Morgan fingerprint density at radius 3 is 2.96 bits per heavy atom. The minimum absolute atomic E-state index is 0.144. The van der Waals surface area contributed by atoms with Gasteiger partial charge in [0.05, 0.1) is 25.2 Å². The number of hydrogen-bond donors (Lipinski definition) is 1. The molecule has 0 bridgehead atoms. The molecule has 1 fully saturated rings. The minimum Gasteiger partial charge on any atom is -0.466 e. The van der Waals surface area contributed by atoms with E-state index >= 15 is 0 Å². The van der Waals surface area contributed by atoms with Crippen molar-refractivity contribution in [2.75, 3.05) is 33.4 Å². The Morgan fingerprint density at radius 2 is 2.28 bits per heavy atom. The van der Waals surface area contributed by atoms with E-state index in [0.29, 0.717) is 31.2 Å². The lowest BCUT2D eigenvalue weighted by molar-refractivity contribution is -0.143. The number of carbonyl (C=O) groups excluding carboxylic acids is 1. The van der Waals surface area contributed by atoms with Crippen molar-refractivity contribution in [3.8, 4) is 0 Å². The lowest BCUT2D eigenvalue weighted by Crippen LogP contribution is -2.44. The van der Waals surface area contributed by atoms with Gasteiger partial charge in [-0.1, -0.05) is 0 Å². The van der Waals surface area contributed by atoms with Crippen molar-refractivity contribution in [1.82, 2.24) is 10.2 Å². The maximum atomic E-state index is 11.7. The summed E-state index contributed by atoms with van der Waals surface area (Å²) in [5, 5.41) is 3.99. The van der Waals surface area contributed by atoms with E-state index in [1.165, 1.54) is 0 Å². The monoisotopic (exact) mass is 370 g/mol. The molecular weight excluding hydrogens is 340 g/mol. The Hall–Kier alpha value is -1.18. The molecular formula is C18H30N2O4S. The summed E-state index contributed by atoms with van der Waals surface area (Å²) in [7, 11) is 1.73. The second kappa shape index (κ2) is 10.7. The molecule has 1 saturated heterocycles. The molecule has 6 nitrogen and oxygen atoms in total. The maximum Gasteiger partial charge on any atom is 0.307 e. The highest BCUT2D eigenvalue weighted by Crippen LogP contribution is 2.19. The van der Waals surface area contributed by atoms with Gasteiger partial charge in [0.1, 0.15) is 0 Å². The number of nitrogens with zero attached hydrogens (tertiary/aromatic N) is 1. The summed E-state index contributed by atoms with van der Waals surface area (Å²) in [4.78, 5) is 13.7. The van der Waals surface area contributed by atoms with Gasteiger partial charge < -0.3 is 24.4 Å². The molecule has 0 amide bonds. The number of nitrogens with one attached hydrogen (secondary N) is 1. The fourth-order valence-corrected chi connectivity index (χ4v) is 3.46. The van der Waals surface area contributed by atoms with Crippen molar-refractivity contribution >= 4 is 23.3 Å². The molecule has 1 N–H and O–H groups in total. The third-order valence-electron chi connectivity index (χ3n) is 4.52. The molecule has 7 heteroatoms. The number of methoxy groups -OCH3 is 1. The van der Waals surface area contributed by atoms with Crippen LogP contribution < -0.4 is 5.32 Å². The lowest BCUT2D eigenvalue weighted by atomic mass is 10.0. The van der Waals surface area contributed by atoms with Crippen LogP contribution in [-0.4, -0.2) is 61.6 Å². The van der Waals surface area contributed by atoms with Crippen LogP contribution in [0.5, 0.6) is 0 Å². The number of allylic oxidation sites excluding steroid dienone is 1. The quantitative estimate of drug-likeness (QED) is 0.520. The molecule has 25 heavy (non-hydrogen) atoms. The highest BCUT2D eigenvalue weighted by molar-refractivity contribution is 7.80. The standard InChI is InChI=1S/C18H30N2O4S/c1-3-23-17(21)9-10-20(13-16-8-5-11-24-16)18(25)19-14-6-4-7-15(12-14)22-2/h12,15-16H,3-11,13H2,1-2H3,(H,19,25). The van der Waals surface area contributed by atoms with Crippen LogP contribution in [0.3, 0.4) is 0 Å². The van der Waals surface area contributed by atoms with Gasteiger partial charge in [-0.25, -0.2) is 0 Å². The third kappa shape index (κ3) is 6.92. The normalized spacial score (nSPS) is 23.0. The maximum absolute atomic E-state index is 11.7. The first-order chi connectivity index (χ1) is 12.1. The van der Waals surface area contributed by atoms with E-state index in [-0.39, 0.29) is 18.2 Å². The number of thiocarbonyl (C=S) groups is 1. The molecule has 1 aliphatic heterocycles. The molecule has 1 heterocycles. The number of hydrogen-bond acceptors (Lipinski definition) is 5. The molecule has 2 unspecified atom stereocenters. The highest BCUT2D eigenvalue weighted by Gasteiger charge is 2.23. The fourth-order valence-electron chi connectivity index (χ4n) is 3.16. The molecule has 0 spiro atoms. The van der Waals surface area contributed by atoms with Gasteiger partial charge in [-0.05, 0) is 57.3 Å². The summed E-state index contributed by atoms with van der Waals surface area (Å²) in [6.07, 6.45) is 7.94. The number of esters is 1. The van der Waals surface area contributed by atoms with Gasteiger partial charge in [0, 0.05) is 32.5 Å². The van der Waals surface area contributed by atoms with Gasteiger partial charge in [-0.3, -0.25) is 4.79 Å². The van der Waals surface area contributed by atoms with Crippen molar-refractivity contribution < 1.29 is 19.0 Å². The SMILES string of the molecule is CCOC(=O)CCN(CC1CCCO1)C(=S)NC1=CC(OC)CCC1. The van der Waals surface area contributed by atoms with E-state index < -0.39 is 0 Å². The molecule has 0 aromatic carbocycles. The van der Waals surface area contributed by atoms with E-state index in [2.05, 4.69) is 11.4 Å². The summed E-state index contributed by atoms with van der Waals surface area (Å²) in [5.74, 6) is -0.195. The second-order valence-corrected chi connectivity index (χ2v) is 6.81. The third-order valence-corrected chi connectivity index (χ3v) is 4.88. The summed E-state index contributed by atoms with van der Waals surface area (Å²) in [5.41, 5.74) is 1.09. The molecule has 1 aliphatic carbocycles. The average Bonchev–Trinajstić information content (AvgIpc) is 3.12. The van der Waals surface area contributed by atoms with E-state index in [4.69, 9.17) is 26.4 Å². The minimum atomic E-state index is -0.195. The lowest BCUT2D eigenvalue weighted by Gasteiger charge is -2.30. The smallest absolute Gasteiger partial charge is 0.307 e. The van der Waals surface area contributed by atoms with Crippen molar-refractivity contribution in [1.29, 1.82) is 0 Å². The van der Waals surface area contributed by atoms with E-state index in [9.17, 15) is 4.79 Å². The van der Waals surface area contributed by atoms with Gasteiger partial charge in [0.25, 0.3) is 0 Å². The molecule has 2 rings (SSSR count). The average molecular weight is 371 g/mol. The van der Waals surface area contributed by atoms with Crippen LogP contribution in [0.1, 0.15) is 45.4 Å². The topological polar surface area (TPSA) is 60.0 Å². The zero-order valence-corrected chi connectivity index (χ0v) is 16.1. The van der Waals surface area contributed by atoms with Gasteiger partial charge in [-0.2, -0.15) is 0 Å². The zero-order valence-electron chi connectivity index (χ0n) is 15.3. The Labute approximate surface area is 155 Å². The summed E-state index contributed by atoms with van der Waals surface area (Å²) in [6, 6.07) is 0. The van der Waals surface area contributed by atoms with E-state index in [1.54, 1.807) is 7.11 Å². The molecule has 0 saturated carbocycles. The van der Waals surface area contributed by atoms with Crippen LogP contribution in [0.4, 0.5) is 0 Å². The predicted molar refractivity (Wildman–Crippen MR) is 100 cm³/mol.